The molecule has 5 nitrogen and oxygen atoms in total. The third kappa shape index (κ3) is 3.71. The van der Waals surface area contributed by atoms with E-state index in [2.05, 4.69) is 5.32 Å². The average molecular weight is 383 g/mol. The molecule has 1 N–H and O–H groups in total. The van der Waals surface area contributed by atoms with E-state index in [1.165, 1.54) is 19.3 Å². The van der Waals surface area contributed by atoms with Crippen LogP contribution in [0.25, 0.3) is 0 Å². The predicted molar refractivity (Wildman–Crippen MR) is 105 cm³/mol. The molecular weight excluding hydrogens is 354 g/mol. The molecule has 4 aliphatic rings. The molecule has 4 fully saturated rings. The first-order valence-electron chi connectivity index (χ1n) is 10.4. The molecule has 1 atom stereocenters. The summed E-state index contributed by atoms with van der Waals surface area (Å²) in [5.41, 5.74) is 1.20. The maximum atomic E-state index is 13.2. The first kappa shape index (κ1) is 19.2. The molecule has 150 valence electrons. The predicted octanol–water partition coefficient (Wildman–Crippen LogP) is 3.44. The van der Waals surface area contributed by atoms with Crippen molar-refractivity contribution in [2.75, 3.05) is 6.54 Å². The highest BCUT2D eigenvalue weighted by molar-refractivity contribution is 5.96. The second kappa shape index (κ2) is 7.34. The molecule has 0 aromatic heterocycles. The van der Waals surface area contributed by atoms with Crippen LogP contribution >= 0.6 is 0 Å². The highest BCUT2D eigenvalue weighted by Crippen LogP contribution is 2.60. The average Bonchev–Trinajstić information content (AvgIpc) is 2.64. The number of ketones is 1. The minimum Gasteiger partial charge on any atom is -0.453 e. The van der Waals surface area contributed by atoms with E-state index in [9.17, 15) is 14.4 Å². The number of benzene rings is 1. The molecule has 1 aromatic rings. The molecule has 5 heteroatoms. The van der Waals surface area contributed by atoms with Gasteiger partial charge in [0, 0.05) is 11.0 Å². The Morgan fingerprint density at radius 1 is 1.11 bits per heavy atom. The van der Waals surface area contributed by atoms with Crippen molar-refractivity contribution in [1.29, 1.82) is 0 Å². The molecule has 4 aliphatic carbocycles. The van der Waals surface area contributed by atoms with Crippen molar-refractivity contribution in [2.24, 2.45) is 23.2 Å². The zero-order chi connectivity index (χ0) is 19.9. The quantitative estimate of drug-likeness (QED) is 0.764. The second-order valence-electron chi connectivity index (χ2n) is 9.25. The third-order valence-electron chi connectivity index (χ3n) is 6.91. The van der Waals surface area contributed by atoms with E-state index in [1.807, 2.05) is 13.0 Å². The van der Waals surface area contributed by atoms with Crippen molar-refractivity contribution in [2.45, 2.75) is 58.5 Å². The molecule has 5 rings (SSSR count). The Morgan fingerprint density at radius 2 is 1.71 bits per heavy atom. The lowest BCUT2D eigenvalue weighted by atomic mass is 9.48. The summed E-state index contributed by atoms with van der Waals surface area (Å²) >= 11 is 0. The normalized spacial score (nSPS) is 31.3. The monoisotopic (exact) mass is 383 g/mol. The smallest absolute Gasteiger partial charge is 0.326 e. The zero-order valence-corrected chi connectivity index (χ0v) is 16.7. The standard InChI is InChI=1S/C23H29NO4/c1-14-4-3-5-19(6-14)22(27)24-13-20(25)28-15(2)21(26)23-10-16-7-17(11-23)9-18(8-16)12-23/h3-6,15-18H,7-13H2,1-2H3,(H,24,27)/t15-,16?,17?,18?,23?/m1/s1. The Hall–Kier alpha value is -2.17. The molecule has 4 bridgehead atoms. The molecule has 0 unspecified atom stereocenters. The molecule has 1 amide bonds. The van der Waals surface area contributed by atoms with Gasteiger partial charge in [0.05, 0.1) is 0 Å². The number of nitrogens with one attached hydrogen (secondary N) is 1. The van der Waals surface area contributed by atoms with Crippen LogP contribution in [-0.4, -0.2) is 30.3 Å². The first-order chi connectivity index (χ1) is 13.3. The van der Waals surface area contributed by atoms with Gasteiger partial charge in [-0.15, -0.1) is 0 Å². The summed E-state index contributed by atoms with van der Waals surface area (Å²) in [7, 11) is 0. The molecule has 28 heavy (non-hydrogen) atoms. The van der Waals surface area contributed by atoms with Gasteiger partial charge in [0.1, 0.15) is 6.54 Å². The van der Waals surface area contributed by atoms with E-state index in [-0.39, 0.29) is 23.7 Å². The van der Waals surface area contributed by atoms with Crippen LogP contribution in [0.3, 0.4) is 0 Å². The van der Waals surface area contributed by atoms with Crippen LogP contribution in [0.1, 0.15) is 61.4 Å². The molecule has 0 radical (unpaired) electrons. The summed E-state index contributed by atoms with van der Waals surface area (Å²) in [6, 6.07) is 7.17. The van der Waals surface area contributed by atoms with E-state index in [0.29, 0.717) is 23.3 Å². The van der Waals surface area contributed by atoms with Gasteiger partial charge in [-0.25, -0.2) is 0 Å². The minimum atomic E-state index is -0.750. The highest BCUT2D eigenvalue weighted by Gasteiger charge is 2.55. The van der Waals surface area contributed by atoms with Crippen LogP contribution in [0.15, 0.2) is 24.3 Å². The van der Waals surface area contributed by atoms with Gasteiger partial charge in [-0.2, -0.15) is 0 Å². The number of carbonyl (C=O) groups excluding carboxylic acids is 3. The van der Waals surface area contributed by atoms with E-state index < -0.39 is 12.1 Å². The van der Waals surface area contributed by atoms with Crippen LogP contribution < -0.4 is 5.32 Å². The molecule has 1 aromatic carbocycles. The van der Waals surface area contributed by atoms with Gasteiger partial charge < -0.3 is 10.1 Å². The largest absolute Gasteiger partial charge is 0.453 e. The SMILES string of the molecule is Cc1cccc(C(=O)NCC(=O)O[C@H](C)C(=O)C23CC4CC(CC(C4)C2)C3)c1. The third-order valence-corrected chi connectivity index (χ3v) is 6.91. The Bertz CT molecular complexity index is 764. The van der Waals surface area contributed by atoms with Gasteiger partial charge in [-0.05, 0) is 82.3 Å². The lowest BCUT2D eigenvalue weighted by Gasteiger charge is -2.56. The Morgan fingerprint density at radius 3 is 2.29 bits per heavy atom. The van der Waals surface area contributed by atoms with Crippen molar-refractivity contribution in [3.05, 3.63) is 35.4 Å². The molecule has 0 saturated heterocycles. The number of esters is 1. The summed E-state index contributed by atoms with van der Waals surface area (Å²) in [5.74, 6) is 1.22. The van der Waals surface area contributed by atoms with Crippen LogP contribution in [0.5, 0.6) is 0 Å². The van der Waals surface area contributed by atoms with E-state index >= 15 is 0 Å². The Labute approximate surface area is 166 Å². The highest BCUT2D eigenvalue weighted by atomic mass is 16.5. The number of hydrogen-bond donors (Lipinski definition) is 1. The fraction of sp³-hybridized carbons (Fsp3) is 0.609. The van der Waals surface area contributed by atoms with Crippen molar-refractivity contribution >= 4 is 17.7 Å². The topological polar surface area (TPSA) is 72.5 Å². The summed E-state index contributed by atoms with van der Waals surface area (Å²) in [6.45, 7) is 3.36. The van der Waals surface area contributed by atoms with E-state index in [1.54, 1.807) is 25.1 Å². The number of rotatable bonds is 6. The maximum absolute atomic E-state index is 13.2. The number of carbonyl (C=O) groups is 3. The van der Waals surface area contributed by atoms with Crippen LogP contribution in [0.2, 0.25) is 0 Å². The van der Waals surface area contributed by atoms with Gasteiger partial charge >= 0.3 is 5.97 Å². The van der Waals surface area contributed by atoms with Gasteiger partial charge in [0.25, 0.3) is 5.91 Å². The van der Waals surface area contributed by atoms with E-state index in [0.717, 1.165) is 24.8 Å². The van der Waals surface area contributed by atoms with Gasteiger partial charge in [0.2, 0.25) is 0 Å². The number of Topliss-reactive ketones (excluding diaryl/α,β-unsaturated/α-hetero) is 1. The molecule has 0 aliphatic heterocycles. The van der Waals surface area contributed by atoms with Crippen molar-refractivity contribution in [3.8, 4) is 0 Å². The summed E-state index contributed by atoms with van der Waals surface area (Å²) in [5, 5.41) is 2.58. The van der Waals surface area contributed by atoms with Crippen LogP contribution in [-0.2, 0) is 14.3 Å². The molecular formula is C23H29NO4. The number of hydrogen-bond acceptors (Lipinski definition) is 4. The Kier molecular flexibility index (Phi) is 5.02. The number of aryl methyl sites for hydroxylation is 1. The zero-order valence-electron chi connectivity index (χ0n) is 16.7. The molecule has 0 spiro atoms. The first-order valence-corrected chi connectivity index (χ1v) is 10.4. The van der Waals surface area contributed by atoms with E-state index in [4.69, 9.17) is 4.74 Å². The van der Waals surface area contributed by atoms with Crippen molar-refractivity contribution < 1.29 is 19.1 Å². The van der Waals surface area contributed by atoms with Crippen molar-refractivity contribution in [3.63, 3.8) is 0 Å². The number of amides is 1. The fourth-order valence-corrected chi connectivity index (χ4v) is 6.18. The van der Waals surface area contributed by atoms with Gasteiger partial charge in [0.15, 0.2) is 11.9 Å². The van der Waals surface area contributed by atoms with Gasteiger partial charge in [-0.3, -0.25) is 14.4 Å². The van der Waals surface area contributed by atoms with Crippen LogP contribution in [0.4, 0.5) is 0 Å². The summed E-state index contributed by atoms with van der Waals surface area (Å²) in [6.07, 6.45) is 5.94. The lowest BCUT2D eigenvalue weighted by Crippen LogP contribution is -2.53. The summed E-state index contributed by atoms with van der Waals surface area (Å²) in [4.78, 5) is 37.5. The summed E-state index contributed by atoms with van der Waals surface area (Å²) < 4.78 is 5.41. The lowest BCUT2D eigenvalue weighted by molar-refractivity contribution is -0.164. The van der Waals surface area contributed by atoms with Gasteiger partial charge in [-0.1, -0.05) is 17.7 Å². The molecule has 0 heterocycles. The number of ether oxygens (including phenoxy) is 1. The maximum Gasteiger partial charge on any atom is 0.326 e. The van der Waals surface area contributed by atoms with Crippen molar-refractivity contribution in [1.82, 2.24) is 5.32 Å². The Balaban J connectivity index is 1.31. The van der Waals surface area contributed by atoms with Crippen LogP contribution in [0, 0.1) is 30.1 Å². The minimum absolute atomic E-state index is 0.0879. The fourth-order valence-electron chi connectivity index (χ4n) is 6.18. The molecule has 4 saturated carbocycles. The second-order valence-corrected chi connectivity index (χ2v) is 9.25.